The summed E-state index contributed by atoms with van der Waals surface area (Å²) in [5.74, 6) is 2.64. The SMILES string of the molecule is CSc1ccc(C2Oc3ccc(Br)cc3C3CC(c4ccc(C)o4)=NN32)cc1. The zero-order valence-electron chi connectivity index (χ0n) is 15.6. The first kappa shape index (κ1) is 17.9. The monoisotopic (exact) mass is 454 g/mol. The lowest BCUT2D eigenvalue weighted by Crippen LogP contribution is -2.33. The Morgan fingerprint density at radius 2 is 1.93 bits per heavy atom. The zero-order chi connectivity index (χ0) is 19.3. The van der Waals surface area contributed by atoms with E-state index in [-0.39, 0.29) is 12.3 Å². The number of thioether (sulfide) groups is 1. The van der Waals surface area contributed by atoms with Gasteiger partial charge in [-0.25, -0.2) is 5.01 Å². The van der Waals surface area contributed by atoms with Crippen molar-refractivity contribution in [3.05, 3.63) is 81.7 Å². The van der Waals surface area contributed by atoms with Crippen molar-refractivity contribution >= 4 is 33.4 Å². The van der Waals surface area contributed by atoms with E-state index in [0.717, 1.165) is 45.0 Å². The summed E-state index contributed by atoms with van der Waals surface area (Å²) in [5.41, 5.74) is 3.20. The smallest absolute Gasteiger partial charge is 0.213 e. The van der Waals surface area contributed by atoms with Crippen molar-refractivity contribution in [1.82, 2.24) is 5.01 Å². The summed E-state index contributed by atoms with van der Waals surface area (Å²) in [7, 11) is 0. The third kappa shape index (κ3) is 3.05. The Hall–Kier alpha value is -2.18. The molecular weight excluding hydrogens is 436 g/mol. The van der Waals surface area contributed by atoms with Crippen LogP contribution >= 0.6 is 27.7 Å². The Morgan fingerprint density at radius 3 is 2.64 bits per heavy atom. The van der Waals surface area contributed by atoms with Crippen LogP contribution in [0.15, 0.2) is 73.5 Å². The Labute approximate surface area is 176 Å². The first-order chi connectivity index (χ1) is 13.6. The maximum absolute atomic E-state index is 6.41. The number of aryl methyl sites for hydroxylation is 1. The molecule has 0 saturated heterocycles. The molecule has 3 heterocycles. The van der Waals surface area contributed by atoms with Crippen molar-refractivity contribution in [2.45, 2.75) is 30.5 Å². The second-order valence-electron chi connectivity index (χ2n) is 6.98. The molecular formula is C22H19BrN2O2S. The maximum Gasteiger partial charge on any atom is 0.213 e. The van der Waals surface area contributed by atoms with E-state index in [1.807, 2.05) is 31.2 Å². The lowest BCUT2D eigenvalue weighted by molar-refractivity contribution is -0.0191. The van der Waals surface area contributed by atoms with Gasteiger partial charge in [-0.05, 0) is 55.6 Å². The second-order valence-corrected chi connectivity index (χ2v) is 8.78. The van der Waals surface area contributed by atoms with E-state index >= 15 is 0 Å². The van der Waals surface area contributed by atoms with E-state index in [1.165, 1.54) is 4.90 Å². The Morgan fingerprint density at radius 1 is 1.11 bits per heavy atom. The Bertz CT molecular complexity index is 1060. The molecule has 0 fully saturated rings. The predicted molar refractivity (Wildman–Crippen MR) is 115 cm³/mol. The van der Waals surface area contributed by atoms with Gasteiger partial charge in [0.2, 0.25) is 6.23 Å². The predicted octanol–water partition coefficient (Wildman–Crippen LogP) is 6.31. The van der Waals surface area contributed by atoms with Crippen LogP contribution in [0.3, 0.4) is 0 Å². The number of rotatable bonds is 3. The van der Waals surface area contributed by atoms with Gasteiger partial charge in [0.15, 0.2) is 0 Å². The minimum atomic E-state index is -0.261. The van der Waals surface area contributed by atoms with Crippen LogP contribution in [0.5, 0.6) is 5.75 Å². The zero-order valence-corrected chi connectivity index (χ0v) is 18.0. The lowest BCUT2D eigenvalue weighted by Gasteiger charge is -2.38. The summed E-state index contributed by atoms with van der Waals surface area (Å²) >= 11 is 5.33. The van der Waals surface area contributed by atoms with Gasteiger partial charge < -0.3 is 9.15 Å². The van der Waals surface area contributed by atoms with Crippen LogP contribution in [-0.2, 0) is 0 Å². The molecule has 0 amide bonds. The van der Waals surface area contributed by atoms with Crippen LogP contribution in [0.2, 0.25) is 0 Å². The molecule has 2 unspecified atom stereocenters. The number of benzene rings is 2. The highest BCUT2D eigenvalue weighted by molar-refractivity contribution is 9.10. The molecule has 0 bridgehead atoms. The third-order valence-electron chi connectivity index (χ3n) is 5.18. The lowest BCUT2D eigenvalue weighted by atomic mass is 9.97. The highest BCUT2D eigenvalue weighted by atomic mass is 79.9. The van der Waals surface area contributed by atoms with Crippen LogP contribution in [-0.4, -0.2) is 17.0 Å². The van der Waals surface area contributed by atoms with Crippen LogP contribution in [0.1, 0.15) is 41.3 Å². The van der Waals surface area contributed by atoms with E-state index in [4.69, 9.17) is 14.3 Å². The molecule has 2 aliphatic rings. The first-order valence-corrected chi connectivity index (χ1v) is 11.2. The fourth-order valence-corrected chi connectivity index (χ4v) is 4.57. The molecule has 1 aromatic heterocycles. The van der Waals surface area contributed by atoms with Crippen molar-refractivity contribution in [2.24, 2.45) is 5.10 Å². The number of hydrogen-bond donors (Lipinski definition) is 0. The minimum Gasteiger partial charge on any atom is -0.464 e. The minimum absolute atomic E-state index is 0.117. The van der Waals surface area contributed by atoms with Gasteiger partial charge in [0.05, 0.1) is 6.04 Å². The highest BCUT2D eigenvalue weighted by Crippen LogP contribution is 2.48. The van der Waals surface area contributed by atoms with Crippen molar-refractivity contribution < 1.29 is 9.15 Å². The quantitative estimate of drug-likeness (QED) is 0.434. The molecule has 2 atom stereocenters. The Balaban J connectivity index is 1.58. The summed E-state index contributed by atoms with van der Waals surface area (Å²) in [4.78, 5) is 1.23. The number of hydrogen-bond acceptors (Lipinski definition) is 5. The summed E-state index contributed by atoms with van der Waals surface area (Å²) in [6.07, 6.45) is 2.61. The molecule has 142 valence electrons. The normalized spacial score (nSPS) is 20.4. The van der Waals surface area contributed by atoms with Gasteiger partial charge in [-0.15, -0.1) is 11.8 Å². The van der Waals surface area contributed by atoms with Gasteiger partial charge in [-0.3, -0.25) is 0 Å². The molecule has 5 rings (SSSR count). The van der Waals surface area contributed by atoms with E-state index in [1.54, 1.807) is 11.8 Å². The average Bonchev–Trinajstić information content (AvgIpc) is 3.34. The van der Waals surface area contributed by atoms with Crippen molar-refractivity contribution in [3.63, 3.8) is 0 Å². The average molecular weight is 455 g/mol. The molecule has 0 saturated carbocycles. The molecule has 4 nitrogen and oxygen atoms in total. The molecule has 6 heteroatoms. The van der Waals surface area contributed by atoms with Crippen molar-refractivity contribution in [3.8, 4) is 5.75 Å². The van der Waals surface area contributed by atoms with Gasteiger partial charge in [-0.2, -0.15) is 5.10 Å². The maximum atomic E-state index is 6.41. The second kappa shape index (κ2) is 7.01. The molecule has 2 aliphatic heterocycles. The molecule has 2 aromatic carbocycles. The Kier molecular flexibility index (Phi) is 4.48. The van der Waals surface area contributed by atoms with Crippen LogP contribution in [0.25, 0.3) is 0 Å². The summed E-state index contributed by atoms with van der Waals surface area (Å²) in [6, 6.07) is 18.8. The number of fused-ring (bicyclic) bond motifs is 3. The van der Waals surface area contributed by atoms with E-state index in [0.29, 0.717) is 0 Å². The summed E-state index contributed by atoms with van der Waals surface area (Å²) in [6.45, 7) is 1.96. The van der Waals surface area contributed by atoms with Gasteiger partial charge in [0, 0.05) is 26.9 Å². The molecule has 0 N–H and O–H groups in total. The third-order valence-corrected chi connectivity index (χ3v) is 6.41. The molecule has 0 spiro atoms. The van der Waals surface area contributed by atoms with Gasteiger partial charge >= 0.3 is 0 Å². The van der Waals surface area contributed by atoms with Crippen LogP contribution < -0.4 is 4.74 Å². The largest absolute Gasteiger partial charge is 0.464 e. The van der Waals surface area contributed by atoms with E-state index < -0.39 is 0 Å². The van der Waals surface area contributed by atoms with Gasteiger partial charge in [0.25, 0.3) is 0 Å². The first-order valence-electron chi connectivity index (χ1n) is 9.15. The molecule has 3 aromatic rings. The fourth-order valence-electron chi connectivity index (χ4n) is 3.79. The summed E-state index contributed by atoms with van der Waals surface area (Å²) < 4.78 is 13.3. The topological polar surface area (TPSA) is 38.0 Å². The number of hydrazone groups is 1. The number of ether oxygens (including phenoxy) is 1. The summed E-state index contributed by atoms with van der Waals surface area (Å²) in [5, 5.41) is 7.01. The van der Waals surface area contributed by atoms with Crippen LogP contribution in [0, 0.1) is 6.92 Å². The number of halogens is 1. The van der Waals surface area contributed by atoms with Gasteiger partial charge in [-0.1, -0.05) is 28.1 Å². The fraction of sp³-hybridized carbons (Fsp3) is 0.227. The van der Waals surface area contributed by atoms with Crippen molar-refractivity contribution in [2.75, 3.05) is 6.26 Å². The van der Waals surface area contributed by atoms with Crippen LogP contribution in [0.4, 0.5) is 0 Å². The van der Waals surface area contributed by atoms with Gasteiger partial charge in [0.1, 0.15) is 23.0 Å². The molecule has 0 radical (unpaired) electrons. The molecule has 28 heavy (non-hydrogen) atoms. The highest BCUT2D eigenvalue weighted by Gasteiger charge is 2.41. The van der Waals surface area contributed by atoms with Crippen molar-refractivity contribution in [1.29, 1.82) is 0 Å². The number of nitrogens with zero attached hydrogens (tertiary/aromatic N) is 2. The van der Waals surface area contributed by atoms with E-state index in [2.05, 4.69) is 57.5 Å². The standard InChI is InChI=1S/C22H19BrN2O2S/c1-13-3-9-21(26-13)18-12-19-17-11-15(23)6-10-20(17)27-22(25(19)24-18)14-4-7-16(28-2)8-5-14/h3-11,19,22H,12H2,1-2H3. The molecule has 0 aliphatic carbocycles. The number of furan rings is 1. The van der Waals surface area contributed by atoms with E-state index in [9.17, 15) is 0 Å².